The Morgan fingerprint density at radius 3 is 1.43 bits per heavy atom. The van der Waals surface area contributed by atoms with E-state index >= 15 is 0 Å². The molecule has 270 valence electrons. The molecule has 0 N–H and O–H groups in total. The van der Waals surface area contributed by atoms with Gasteiger partial charge in [-0.1, -0.05) is 152 Å². The summed E-state index contributed by atoms with van der Waals surface area (Å²) in [5.41, 5.74) is 15.9. The van der Waals surface area contributed by atoms with Crippen LogP contribution in [0.5, 0.6) is 11.5 Å². The number of hydrogen-bond acceptors (Lipinski definition) is 4. The van der Waals surface area contributed by atoms with Crippen molar-refractivity contribution in [2.45, 2.75) is 5.41 Å². The fourth-order valence-corrected chi connectivity index (χ4v) is 8.96. The van der Waals surface area contributed by atoms with Gasteiger partial charge in [0, 0.05) is 27.8 Å². The van der Waals surface area contributed by atoms with Crippen molar-refractivity contribution >= 4 is 0 Å². The lowest BCUT2D eigenvalue weighted by Gasteiger charge is -2.39. The lowest BCUT2D eigenvalue weighted by atomic mass is 9.66. The third kappa shape index (κ3) is 5.29. The van der Waals surface area contributed by atoms with Crippen molar-refractivity contribution in [3.8, 4) is 84.9 Å². The molecular formula is C54H33N3O. The zero-order chi connectivity index (χ0) is 38.6. The first kappa shape index (κ1) is 33.5. The van der Waals surface area contributed by atoms with Gasteiger partial charge in [0.05, 0.1) is 28.4 Å². The minimum absolute atomic E-state index is 0.592. The summed E-state index contributed by atoms with van der Waals surface area (Å²) in [7, 11) is 0. The maximum Gasteiger partial charge on any atom is 0.160 e. The standard InChI is InChI=1S/C54H33N3O/c55-34-35-25-27-45-43(29-35)44-32-41(26-28-46(44)54(45)47-21-7-9-23-51(47)58-52-24-10-8-22-48(52)54)39-18-11-17-38(30-39)40-19-12-20-42(31-40)53-56-49(36-13-3-1-4-14-36)33-50(57-53)37-15-5-2-6-16-37/h1-33H. The Morgan fingerprint density at radius 2 is 0.845 bits per heavy atom. The van der Waals surface area contributed by atoms with Crippen LogP contribution >= 0.6 is 0 Å². The quantitative estimate of drug-likeness (QED) is 0.176. The van der Waals surface area contributed by atoms with Crippen LogP contribution in [0, 0.1) is 11.3 Å². The molecule has 0 radical (unpaired) electrons. The summed E-state index contributed by atoms with van der Waals surface area (Å²) in [5.74, 6) is 2.37. The first-order chi connectivity index (χ1) is 28.7. The third-order valence-electron chi connectivity index (χ3n) is 11.6. The van der Waals surface area contributed by atoms with Crippen molar-refractivity contribution in [2.75, 3.05) is 0 Å². The monoisotopic (exact) mass is 739 g/mol. The molecule has 0 saturated carbocycles. The lowest BCUT2D eigenvalue weighted by molar-refractivity contribution is 0.436. The largest absolute Gasteiger partial charge is 0.457 e. The number of aromatic nitrogens is 2. The summed E-state index contributed by atoms with van der Waals surface area (Å²) in [4.78, 5) is 10.2. The van der Waals surface area contributed by atoms with Gasteiger partial charge in [0.2, 0.25) is 0 Å². The highest BCUT2D eigenvalue weighted by atomic mass is 16.5. The Hall–Kier alpha value is -7.87. The Morgan fingerprint density at radius 1 is 0.379 bits per heavy atom. The van der Waals surface area contributed by atoms with Gasteiger partial charge < -0.3 is 4.74 Å². The first-order valence-electron chi connectivity index (χ1n) is 19.4. The summed E-state index contributed by atoms with van der Waals surface area (Å²) < 4.78 is 6.52. The minimum Gasteiger partial charge on any atom is -0.457 e. The van der Waals surface area contributed by atoms with Crippen LogP contribution < -0.4 is 4.74 Å². The van der Waals surface area contributed by atoms with E-state index in [1.54, 1.807) is 0 Å². The number of ether oxygens (including phenoxy) is 1. The molecule has 1 aromatic heterocycles. The van der Waals surface area contributed by atoms with Crippen molar-refractivity contribution in [1.82, 2.24) is 9.97 Å². The van der Waals surface area contributed by atoms with Crippen LogP contribution in [0.3, 0.4) is 0 Å². The zero-order valence-electron chi connectivity index (χ0n) is 31.3. The highest BCUT2D eigenvalue weighted by Crippen LogP contribution is 2.62. The van der Waals surface area contributed by atoms with Gasteiger partial charge >= 0.3 is 0 Å². The van der Waals surface area contributed by atoms with E-state index in [1.807, 2.05) is 60.7 Å². The molecule has 0 bridgehead atoms. The van der Waals surface area contributed by atoms with Crippen LogP contribution in [-0.4, -0.2) is 9.97 Å². The van der Waals surface area contributed by atoms with Crippen molar-refractivity contribution in [3.63, 3.8) is 0 Å². The highest BCUT2D eigenvalue weighted by Gasteiger charge is 2.51. The SMILES string of the molecule is N#Cc1ccc2c(c1)-c1cc(-c3cccc(-c4cccc(-c5nc(-c6ccccc6)cc(-c6ccccc6)n5)c4)c3)ccc1C21c2ccccc2Oc2ccccc21. The van der Waals surface area contributed by atoms with Gasteiger partial charge in [0.1, 0.15) is 11.5 Å². The number of hydrogen-bond donors (Lipinski definition) is 0. The summed E-state index contributed by atoms with van der Waals surface area (Å²) in [6, 6.07) is 71.9. The zero-order valence-corrected chi connectivity index (χ0v) is 31.3. The van der Waals surface area contributed by atoms with Gasteiger partial charge in [-0.25, -0.2) is 9.97 Å². The van der Waals surface area contributed by atoms with Crippen LogP contribution in [-0.2, 0) is 5.41 Å². The lowest BCUT2D eigenvalue weighted by Crippen LogP contribution is -2.32. The Kier molecular flexibility index (Phi) is 7.74. The summed E-state index contributed by atoms with van der Waals surface area (Å²) in [6.07, 6.45) is 0. The van der Waals surface area contributed by atoms with Gasteiger partial charge in [0.15, 0.2) is 5.82 Å². The molecule has 8 aromatic carbocycles. The number of fused-ring (bicyclic) bond motifs is 9. The Balaban J connectivity index is 1.03. The van der Waals surface area contributed by atoms with E-state index in [0.717, 1.165) is 89.6 Å². The van der Waals surface area contributed by atoms with E-state index in [2.05, 4.69) is 146 Å². The highest BCUT2D eigenvalue weighted by molar-refractivity contribution is 5.91. The molecule has 1 aliphatic heterocycles. The van der Waals surface area contributed by atoms with E-state index in [0.29, 0.717) is 11.4 Å². The summed E-state index contributed by atoms with van der Waals surface area (Å²) >= 11 is 0. The van der Waals surface area contributed by atoms with E-state index < -0.39 is 5.41 Å². The summed E-state index contributed by atoms with van der Waals surface area (Å²) in [6.45, 7) is 0. The van der Waals surface area contributed by atoms with Crippen LogP contribution in [0.2, 0.25) is 0 Å². The van der Waals surface area contributed by atoms with Gasteiger partial charge in [0.25, 0.3) is 0 Å². The molecule has 11 rings (SSSR count). The molecule has 1 spiro atoms. The molecule has 0 amide bonds. The molecule has 4 heteroatoms. The van der Waals surface area contributed by atoms with Gasteiger partial charge in [-0.2, -0.15) is 5.26 Å². The predicted octanol–water partition coefficient (Wildman–Crippen LogP) is 13.2. The Bertz CT molecular complexity index is 3010. The number of nitrogens with zero attached hydrogens (tertiary/aromatic N) is 3. The van der Waals surface area contributed by atoms with Crippen LogP contribution in [0.4, 0.5) is 0 Å². The van der Waals surface area contributed by atoms with Gasteiger partial charge in [-0.15, -0.1) is 0 Å². The second-order valence-electron chi connectivity index (χ2n) is 14.8. The molecule has 0 atom stereocenters. The van der Waals surface area contributed by atoms with Crippen molar-refractivity contribution in [2.24, 2.45) is 0 Å². The average Bonchev–Trinajstić information content (AvgIpc) is 3.58. The van der Waals surface area contributed by atoms with E-state index in [4.69, 9.17) is 14.7 Å². The van der Waals surface area contributed by atoms with Crippen LogP contribution in [0.15, 0.2) is 200 Å². The molecule has 2 aliphatic rings. The van der Waals surface area contributed by atoms with Gasteiger partial charge in [-0.05, 0) is 93.0 Å². The van der Waals surface area contributed by atoms with Crippen molar-refractivity contribution in [1.29, 1.82) is 5.26 Å². The van der Waals surface area contributed by atoms with Crippen molar-refractivity contribution < 1.29 is 4.74 Å². The molecule has 4 nitrogen and oxygen atoms in total. The number of benzene rings is 8. The molecule has 0 saturated heterocycles. The maximum atomic E-state index is 10.1. The molecule has 2 heterocycles. The van der Waals surface area contributed by atoms with Crippen molar-refractivity contribution in [3.05, 3.63) is 228 Å². The molecule has 9 aromatic rings. The second-order valence-corrected chi connectivity index (χ2v) is 14.8. The molecule has 0 fully saturated rings. The molecule has 0 unspecified atom stereocenters. The summed E-state index contributed by atoms with van der Waals surface area (Å²) in [5, 5.41) is 10.1. The van der Waals surface area contributed by atoms with E-state index in [9.17, 15) is 5.26 Å². The topological polar surface area (TPSA) is 58.8 Å². The third-order valence-corrected chi connectivity index (χ3v) is 11.6. The number of rotatable bonds is 5. The van der Waals surface area contributed by atoms with E-state index in [1.165, 1.54) is 5.56 Å². The maximum absolute atomic E-state index is 10.1. The van der Waals surface area contributed by atoms with Crippen LogP contribution in [0.25, 0.3) is 67.3 Å². The average molecular weight is 740 g/mol. The Labute approximate surface area is 337 Å². The second kappa shape index (κ2) is 13.4. The predicted molar refractivity (Wildman–Crippen MR) is 231 cm³/mol. The molecular weight excluding hydrogens is 707 g/mol. The minimum atomic E-state index is -0.592. The smallest absolute Gasteiger partial charge is 0.160 e. The van der Waals surface area contributed by atoms with Gasteiger partial charge in [-0.3, -0.25) is 0 Å². The fraction of sp³-hybridized carbons (Fsp3) is 0.0185. The van der Waals surface area contributed by atoms with Crippen LogP contribution in [0.1, 0.15) is 27.8 Å². The number of nitriles is 1. The molecule has 58 heavy (non-hydrogen) atoms. The molecule has 1 aliphatic carbocycles. The normalized spacial score (nSPS) is 12.7. The van der Waals surface area contributed by atoms with E-state index in [-0.39, 0.29) is 0 Å². The first-order valence-corrected chi connectivity index (χ1v) is 19.4. The fourth-order valence-electron chi connectivity index (χ4n) is 8.96. The number of para-hydroxylation sites is 2.